The third kappa shape index (κ3) is 8.18. The Morgan fingerprint density at radius 1 is 0.947 bits per heavy atom. The van der Waals surface area contributed by atoms with Crippen LogP contribution < -0.4 is 10.1 Å². The number of aryl methyl sites for hydroxylation is 2. The van der Waals surface area contributed by atoms with Gasteiger partial charge in [0.25, 0.3) is 5.24 Å². The number of rotatable bonds is 15. The van der Waals surface area contributed by atoms with E-state index in [1.54, 1.807) is 0 Å². The number of carbonyl (C=O) groups excluding carboxylic acids is 2. The molecule has 1 aliphatic heterocycles. The summed E-state index contributed by atoms with van der Waals surface area (Å²) in [6, 6.07) is 29.4. The van der Waals surface area contributed by atoms with E-state index in [4.69, 9.17) is 14.7 Å². The molecule has 1 unspecified atom stereocenters. The molecule has 16 heteroatoms. The van der Waals surface area contributed by atoms with Crippen molar-refractivity contribution >= 4 is 51.7 Å². The quantitative estimate of drug-likeness (QED) is 0.0898. The maximum atomic E-state index is 12.8. The number of hydrogen-bond donors (Lipinski definition) is 3. The number of amides is 2. The van der Waals surface area contributed by atoms with Gasteiger partial charge in [0.15, 0.2) is 5.69 Å². The van der Waals surface area contributed by atoms with E-state index in [0.29, 0.717) is 42.4 Å². The molecule has 0 radical (unpaired) electrons. The normalized spacial score (nSPS) is 14.0. The Morgan fingerprint density at radius 3 is 2.42 bits per heavy atom. The van der Waals surface area contributed by atoms with Gasteiger partial charge in [-0.1, -0.05) is 79.3 Å². The monoisotopic (exact) mass is 799 g/mol. The SMILES string of the molecule is CCCc1nc(CSc2ccc3nc(COc4ccc(CC5SC(=O)NC5=O)cc4)n(C)c3c2)c(C(=O)O)n1Cc1ccc(-c2ccccc2-c2nn[nH]n2)cc1. The van der Waals surface area contributed by atoms with Crippen molar-refractivity contribution in [1.82, 2.24) is 45.0 Å². The number of imidazole rings is 2. The van der Waals surface area contributed by atoms with Crippen molar-refractivity contribution in [2.24, 2.45) is 7.05 Å². The van der Waals surface area contributed by atoms with Crippen LogP contribution in [0.1, 0.15) is 52.3 Å². The molecular weight excluding hydrogens is 763 g/mol. The van der Waals surface area contributed by atoms with Crippen LogP contribution >= 0.6 is 23.5 Å². The van der Waals surface area contributed by atoms with Crippen molar-refractivity contribution in [1.29, 1.82) is 0 Å². The van der Waals surface area contributed by atoms with Gasteiger partial charge in [0, 0.05) is 36.2 Å². The number of thioether (sulfide) groups is 2. The summed E-state index contributed by atoms with van der Waals surface area (Å²) >= 11 is 2.55. The van der Waals surface area contributed by atoms with Gasteiger partial charge in [-0.15, -0.1) is 22.0 Å². The number of aromatic carboxylic acids is 1. The molecule has 4 aromatic carbocycles. The summed E-state index contributed by atoms with van der Waals surface area (Å²) < 4.78 is 9.89. The molecule has 3 N–H and O–H groups in total. The Morgan fingerprint density at radius 2 is 1.72 bits per heavy atom. The van der Waals surface area contributed by atoms with Gasteiger partial charge in [-0.25, -0.2) is 14.8 Å². The first-order valence-corrected chi connectivity index (χ1v) is 20.2. The minimum Gasteiger partial charge on any atom is -0.486 e. The van der Waals surface area contributed by atoms with Gasteiger partial charge in [0.05, 0.1) is 22.0 Å². The highest BCUT2D eigenvalue weighted by atomic mass is 32.2. The van der Waals surface area contributed by atoms with Crippen LogP contribution in [0, 0.1) is 0 Å². The summed E-state index contributed by atoms with van der Waals surface area (Å²) in [5.41, 5.74) is 7.19. The summed E-state index contributed by atoms with van der Waals surface area (Å²) in [6.07, 6.45) is 1.94. The Kier molecular flexibility index (Phi) is 10.9. The number of imide groups is 1. The van der Waals surface area contributed by atoms with Crippen molar-refractivity contribution < 1.29 is 24.2 Å². The van der Waals surface area contributed by atoms with E-state index < -0.39 is 11.2 Å². The molecule has 8 rings (SSSR count). The number of aromatic nitrogens is 8. The van der Waals surface area contributed by atoms with Gasteiger partial charge >= 0.3 is 5.97 Å². The largest absolute Gasteiger partial charge is 0.486 e. The first-order valence-electron chi connectivity index (χ1n) is 18.3. The predicted molar refractivity (Wildman–Crippen MR) is 217 cm³/mol. The first-order chi connectivity index (χ1) is 27.7. The Balaban J connectivity index is 0.948. The highest BCUT2D eigenvalue weighted by Gasteiger charge is 2.31. The van der Waals surface area contributed by atoms with Crippen molar-refractivity contribution in [3.05, 3.63) is 125 Å². The van der Waals surface area contributed by atoms with Crippen LogP contribution in [0.3, 0.4) is 0 Å². The number of ether oxygens (including phenoxy) is 1. The lowest BCUT2D eigenvalue weighted by molar-refractivity contribution is -0.118. The van der Waals surface area contributed by atoms with Crippen molar-refractivity contribution in [3.63, 3.8) is 0 Å². The molecule has 1 saturated heterocycles. The molecule has 1 atom stereocenters. The molecule has 4 heterocycles. The van der Waals surface area contributed by atoms with E-state index in [1.807, 2.05) is 101 Å². The van der Waals surface area contributed by atoms with Gasteiger partial charge in [0.2, 0.25) is 11.7 Å². The summed E-state index contributed by atoms with van der Waals surface area (Å²) in [4.78, 5) is 46.9. The van der Waals surface area contributed by atoms with E-state index in [0.717, 1.165) is 73.6 Å². The Hall–Kier alpha value is -6.26. The van der Waals surface area contributed by atoms with Crippen LogP contribution in [0.2, 0.25) is 0 Å². The maximum absolute atomic E-state index is 12.8. The lowest BCUT2D eigenvalue weighted by atomic mass is 9.98. The number of carboxylic acids is 1. The van der Waals surface area contributed by atoms with E-state index in [1.165, 1.54) is 11.8 Å². The molecule has 1 aliphatic rings. The lowest BCUT2D eigenvalue weighted by Crippen LogP contribution is -2.25. The zero-order valence-corrected chi connectivity index (χ0v) is 32.6. The van der Waals surface area contributed by atoms with Crippen molar-refractivity contribution in [3.8, 4) is 28.3 Å². The summed E-state index contributed by atoms with van der Waals surface area (Å²) in [5, 5.41) is 26.6. The van der Waals surface area contributed by atoms with Crippen LogP contribution in [0.15, 0.2) is 95.9 Å². The molecule has 2 amide bonds. The van der Waals surface area contributed by atoms with Crippen molar-refractivity contribution in [2.75, 3.05) is 0 Å². The zero-order valence-electron chi connectivity index (χ0n) is 31.0. The number of carboxylic acid groups (broad SMARTS) is 1. The molecule has 7 aromatic rings. The summed E-state index contributed by atoms with van der Waals surface area (Å²) in [6.45, 7) is 2.68. The van der Waals surface area contributed by atoms with E-state index in [2.05, 4.69) is 38.9 Å². The van der Waals surface area contributed by atoms with Gasteiger partial charge in [-0.3, -0.25) is 14.9 Å². The second-order valence-electron chi connectivity index (χ2n) is 13.5. The molecule has 0 bridgehead atoms. The van der Waals surface area contributed by atoms with Gasteiger partial charge in [-0.05, 0) is 70.6 Å². The van der Waals surface area contributed by atoms with E-state index in [-0.39, 0.29) is 23.4 Å². The summed E-state index contributed by atoms with van der Waals surface area (Å²) in [5.74, 6) is 1.78. The van der Waals surface area contributed by atoms with Gasteiger partial charge in [-0.2, -0.15) is 5.21 Å². The second-order valence-corrected chi connectivity index (χ2v) is 15.7. The van der Waals surface area contributed by atoms with E-state index in [9.17, 15) is 19.5 Å². The highest BCUT2D eigenvalue weighted by Crippen LogP contribution is 2.32. The molecule has 0 saturated carbocycles. The topological polar surface area (TPSA) is 183 Å². The number of carbonyl (C=O) groups is 3. The minimum atomic E-state index is -1.01. The molecule has 288 valence electrons. The van der Waals surface area contributed by atoms with Crippen LogP contribution in [0.25, 0.3) is 33.5 Å². The number of benzene rings is 4. The molecule has 1 fully saturated rings. The average Bonchev–Trinajstić information content (AvgIpc) is 4.01. The number of H-pyrrole nitrogens is 1. The number of fused-ring (bicyclic) bond motifs is 1. The summed E-state index contributed by atoms with van der Waals surface area (Å²) in [7, 11) is 1.94. The molecule has 14 nitrogen and oxygen atoms in total. The fraction of sp³-hybridized carbons (Fsp3) is 0.220. The first kappa shape index (κ1) is 37.7. The van der Waals surface area contributed by atoms with Crippen LogP contribution in [0.5, 0.6) is 5.75 Å². The third-order valence-electron chi connectivity index (χ3n) is 9.71. The number of nitrogens with one attached hydrogen (secondary N) is 2. The second kappa shape index (κ2) is 16.5. The third-order valence-corrected chi connectivity index (χ3v) is 11.7. The zero-order chi connectivity index (χ0) is 39.5. The van der Waals surface area contributed by atoms with E-state index >= 15 is 0 Å². The Labute approximate surface area is 335 Å². The minimum absolute atomic E-state index is 0.199. The fourth-order valence-corrected chi connectivity index (χ4v) is 8.58. The molecule has 3 aromatic heterocycles. The molecule has 57 heavy (non-hydrogen) atoms. The van der Waals surface area contributed by atoms with Crippen LogP contribution in [-0.4, -0.2) is 67.2 Å². The number of aromatic amines is 1. The lowest BCUT2D eigenvalue weighted by Gasteiger charge is -2.12. The standard InChI is InChI=1S/C41H37N9O5S2/c1-3-6-35-43-32(37(40(52)53)50(35)21-25-9-13-26(14-10-25)29-7-4-5-8-30(29)38-45-47-48-46-38)23-56-28-17-18-31-33(20-28)49(2)36(42-31)22-55-27-15-11-24(12-16-27)19-34-39(51)44-41(54)57-34/h4-5,7-18,20,34H,3,6,19,21-23H2,1-2H3,(H,52,53)(H,44,51,54)(H,45,46,47,48). The maximum Gasteiger partial charge on any atom is 0.354 e. The van der Waals surface area contributed by atoms with Crippen LogP contribution in [0.4, 0.5) is 4.79 Å². The van der Waals surface area contributed by atoms with Crippen LogP contribution in [-0.2, 0) is 43.6 Å². The number of tetrazole rings is 1. The molecule has 0 aliphatic carbocycles. The average molecular weight is 800 g/mol. The number of nitrogens with zero attached hydrogens (tertiary/aromatic N) is 7. The van der Waals surface area contributed by atoms with Gasteiger partial charge < -0.3 is 19.0 Å². The highest BCUT2D eigenvalue weighted by molar-refractivity contribution is 8.15. The van der Waals surface area contributed by atoms with Crippen molar-refractivity contribution in [2.45, 2.75) is 55.2 Å². The van der Waals surface area contributed by atoms with Gasteiger partial charge in [0.1, 0.15) is 24.0 Å². The molecule has 0 spiro atoms. The fourth-order valence-electron chi connectivity index (χ4n) is 6.86. The number of hydrogen-bond acceptors (Lipinski definition) is 11. The smallest absolute Gasteiger partial charge is 0.354 e. The molecular formula is C41H37N9O5S2. The predicted octanol–water partition coefficient (Wildman–Crippen LogP) is 7.08. The Bertz CT molecular complexity index is 2590.